The summed E-state index contributed by atoms with van der Waals surface area (Å²) < 4.78 is 0. The monoisotopic (exact) mass is 342 g/mol. The minimum Gasteiger partial charge on any atom is -0.327 e. The molecular formula is C20H26N2O3. The molecule has 1 heterocycles. The lowest BCUT2D eigenvalue weighted by molar-refractivity contribution is -0.139. The Bertz CT molecular complexity index is 677. The molecule has 2 fully saturated rings. The van der Waals surface area contributed by atoms with Gasteiger partial charge in [-0.1, -0.05) is 32.9 Å². The number of carbonyl (C=O) groups is 3. The van der Waals surface area contributed by atoms with Crippen LogP contribution < -0.4 is 4.90 Å². The van der Waals surface area contributed by atoms with Gasteiger partial charge in [0.1, 0.15) is 6.04 Å². The van der Waals surface area contributed by atoms with E-state index in [1.165, 1.54) is 4.90 Å². The summed E-state index contributed by atoms with van der Waals surface area (Å²) >= 11 is 0. The van der Waals surface area contributed by atoms with Gasteiger partial charge in [0, 0.05) is 12.5 Å². The third-order valence-electron chi connectivity index (χ3n) is 4.97. The molecule has 0 bridgehead atoms. The Morgan fingerprint density at radius 2 is 1.84 bits per heavy atom. The summed E-state index contributed by atoms with van der Waals surface area (Å²) in [5, 5.41) is 0. The minimum absolute atomic E-state index is 0.00634. The Balaban J connectivity index is 1.82. The SMILES string of the molecule is CCCC(=O)N(C1CC1)C1CC(=O)N(c2ccc(C(C)C)cc2)C1=O. The molecule has 1 aliphatic heterocycles. The quantitative estimate of drug-likeness (QED) is 0.746. The lowest BCUT2D eigenvalue weighted by atomic mass is 10.0. The van der Waals surface area contributed by atoms with Crippen LogP contribution in [0.1, 0.15) is 64.4 Å². The van der Waals surface area contributed by atoms with E-state index < -0.39 is 6.04 Å². The maximum atomic E-state index is 12.9. The number of nitrogens with zero attached hydrogens (tertiary/aromatic N) is 2. The van der Waals surface area contributed by atoms with E-state index in [0.29, 0.717) is 18.0 Å². The van der Waals surface area contributed by atoms with E-state index >= 15 is 0 Å². The molecule has 1 atom stereocenters. The molecule has 1 aromatic carbocycles. The molecule has 1 saturated carbocycles. The second-order valence-electron chi connectivity index (χ2n) is 7.32. The van der Waals surface area contributed by atoms with Crippen molar-refractivity contribution in [1.29, 1.82) is 0 Å². The van der Waals surface area contributed by atoms with Crippen LogP contribution in [0.4, 0.5) is 5.69 Å². The van der Waals surface area contributed by atoms with Crippen LogP contribution in [0.25, 0.3) is 0 Å². The van der Waals surface area contributed by atoms with Crippen LogP contribution in [0.15, 0.2) is 24.3 Å². The normalized spacial score (nSPS) is 20.5. The Hall–Kier alpha value is -2.17. The highest BCUT2D eigenvalue weighted by molar-refractivity contribution is 6.23. The molecule has 0 aromatic heterocycles. The molecule has 1 aromatic rings. The predicted octanol–water partition coefficient (Wildman–Crippen LogP) is 3.23. The highest BCUT2D eigenvalue weighted by Gasteiger charge is 2.48. The van der Waals surface area contributed by atoms with Crippen molar-refractivity contribution in [3.05, 3.63) is 29.8 Å². The molecule has 1 aliphatic carbocycles. The third-order valence-corrected chi connectivity index (χ3v) is 4.97. The molecule has 2 aliphatic rings. The van der Waals surface area contributed by atoms with Gasteiger partial charge in [-0.15, -0.1) is 0 Å². The fourth-order valence-corrected chi connectivity index (χ4v) is 3.44. The molecule has 0 spiro atoms. The zero-order chi connectivity index (χ0) is 18.1. The van der Waals surface area contributed by atoms with Crippen LogP contribution in [0, 0.1) is 0 Å². The van der Waals surface area contributed by atoms with Gasteiger partial charge in [-0.05, 0) is 42.9 Å². The fourth-order valence-electron chi connectivity index (χ4n) is 3.44. The minimum atomic E-state index is -0.635. The summed E-state index contributed by atoms with van der Waals surface area (Å²) in [5.74, 6) is -0.0992. The second kappa shape index (κ2) is 6.98. The van der Waals surface area contributed by atoms with E-state index in [9.17, 15) is 14.4 Å². The molecule has 0 N–H and O–H groups in total. The van der Waals surface area contributed by atoms with Gasteiger partial charge in [0.15, 0.2) is 0 Å². The van der Waals surface area contributed by atoms with Gasteiger partial charge in [0.25, 0.3) is 5.91 Å². The summed E-state index contributed by atoms with van der Waals surface area (Å²) in [6.07, 6.45) is 3.12. The van der Waals surface area contributed by atoms with Crippen molar-refractivity contribution in [2.75, 3.05) is 4.90 Å². The smallest absolute Gasteiger partial charge is 0.257 e. The average Bonchev–Trinajstić information content (AvgIpc) is 3.35. The van der Waals surface area contributed by atoms with Crippen molar-refractivity contribution in [2.24, 2.45) is 0 Å². The molecule has 5 nitrogen and oxygen atoms in total. The second-order valence-corrected chi connectivity index (χ2v) is 7.32. The molecule has 25 heavy (non-hydrogen) atoms. The summed E-state index contributed by atoms with van der Waals surface area (Å²) in [6, 6.07) is 7.04. The van der Waals surface area contributed by atoms with Gasteiger partial charge >= 0.3 is 0 Å². The number of amides is 3. The van der Waals surface area contributed by atoms with E-state index in [0.717, 1.165) is 24.8 Å². The van der Waals surface area contributed by atoms with Crippen molar-refractivity contribution in [3.63, 3.8) is 0 Å². The average molecular weight is 342 g/mol. The molecular weight excluding hydrogens is 316 g/mol. The number of hydrogen-bond acceptors (Lipinski definition) is 3. The number of anilines is 1. The first-order chi connectivity index (χ1) is 11.9. The standard InChI is InChI=1S/C20H26N2O3/c1-4-5-18(23)21(15-10-11-15)17-12-19(24)22(20(17)25)16-8-6-14(7-9-16)13(2)3/h6-9,13,15,17H,4-5,10-12H2,1-3H3. The topological polar surface area (TPSA) is 57.7 Å². The van der Waals surface area contributed by atoms with Crippen LogP contribution in [-0.2, 0) is 14.4 Å². The van der Waals surface area contributed by atoms with E-state index in [4.69, 9.17) is 0 Å². The van der Waals surface area contributed by atoms with Crippen LogP contribution in [0.2, 0.25) is 0 Å². The molecule has 3 amide bonds. The zero-order valence-corrected chi connectivity index (χ0v) is 15.2. The molecule has 0 radical (unpaired) electrons. The van der Waals surface area contributed by atoms with Crippen molar-refractivity contribution in [2.45, 2.75) is 70.9 Å². The van der Waals surface area contributed by atoms with Gasteiger partial charge in [0.2, 0.25) is 11.8 Å². The van der Waals surface area contributed by atoms with Crippen LogP contribution >= 0.6 is 0 Å². The first kappa shape index (κ1) is 17.6. The summed E-state index contributed by atoms with van der Waals surface area (Å²) in [5.41, 5.74) is 1.76. The number of hydrogen-bond donors (Lipinski definition) is 0. The summed E-state index contributed by atoms with van der Waals surface area (Å²) in [7, 11) is 0. The highest BCUT2D eigenvalue weighted by Crippen LogP contribution is 2.35. The van der Waals surface area contributed by atoms with Gasteiger partial charge in [-0.3, -0.25) is 14.4 Å². The Morgan fingerprint density at radius 1 is 1.20 bits per heavy atom. The Labute approximate surface area is 149 Å². The molecule has 134 valence electrons. The van der Waals surface area contributed by atoms with Crippen molar-refractivity contribution in [3.8, 4) is 0 Å². The van der Waals surface area contributed by atoms with Crippen molar-refractivity contribution in [1.82, 2.24) is 4.90 Å². The maximum Gasteiger partial charge on any atom is 0.257 e. The van der Waals surface area contributed by atoms with Gasteiger partial charge in [-0.25, -0.2) is 4.90 Å². The Kier molecular flexibility index (Phi) is 4.93. The number of imide groups is 1. The zero-order valence-electron chi connectivity index (χ0n) is 15.2. The molecule has 5 heteroatoms. The molecule has 3 rings (SSSR count). The van der Waals surface area contributed by atoms with Crippen LogP contribution in [-0.4, -0.2) is 34.7 Å². The lowest BCUT2D eigenvalue weighted by Gasteiger charge is -2.27. The first-order valence-electron chi connectivity index (χ1n) is 9.22. The highest BCUT2D eigenvalue weighted by atomic mass is 16.2. The largest absolute Gasteiger partial charge is 0.327 e. The number of carbonyl (C=O) groups excluding carboxylic acids is 3. The van der Waals surface area contributed by atoms with E-state index in [2.05, 4.69) is 13.8 Å². The van der Waals surface area contributed by atoms with E-state index in [1.54, 1.807) is 4.90 Å². The lowest BCUT2D eigenvalue weighted by Crippen LogP contribution is -2.46. The van der Waals surface area contributed by atoms with E-state index in [-0.39, 0.29) is 30.2 Å². The van der Waals surface area contributed by atoms with Gasteiger partial charge in [0.05, 0.1) is 12.1 Å². The van der Waals surface area contributed by atoms with Gasteiger partial charge in [-0.2, -0.15) is 0 Å². The molecule has 1 saturated heterocycles. The summed E-state index contributed by atoms with van der Waals surface area (Å²) in [4.78, 5) is 40.8. The number of rotatable bonds is 6. The van der Waals surface area contributed by atoms with Crippen molar-refractivity contribution < 1.29 is 14.4 Å². The van der Waals surface area contributed by atoms with Crippen LogP contribution in [0.5, 0.6) is 0 Å². The first-order valence-corrected chi connectivity index (χ1v) is 9.22. The van der Waals surface area contributed by atoms with E-state index in [1.807, 2.05) is 31.2 Å². The van der Waals surface area contributed by atoms with Gasteiger partial charge < -0.3 is 4.90 Å². The van der Waals surface area contributed by atoms with Crippen molar-refractivity contribution >= 4 is 23.4 Å². The maximum absolute atomic E-state index is 12.9. The number of benzene rings is 1. The predicted molar refractivity (Wildman–Crippen MR) is 96.2 cm³/mol. The third kappa shape index (κ3) is 3.46. The fraction of sp³-hybridized carbons (Fsp3) is 0.550. The Morgan fingerprint density at radius 3 is 2.36 bits per heavy atom. The summed E-state index contributed by atoms with van der Waals surface area (Å²) in [6.45, 7) is 6.15. The van der Waals surface area contributed by atoms with Crippen LogP contribution in [0.3, 0.4) is 0 Å². The molecule has 1 unspecified atom stereocenters.